The number of alkyl halides is 1. The summed E-state index contributed by atoms with van der Waals surface area (Å²) >= 11 is 0. The Labute approximate surface area is 250 Å². The molecule has 0 spiro atoms. The number of nitrogens with two attached hydrogens (primary N) is 2. The van der Waals surface area contributed by atoms with Crippen LogP contribution in [0.15, 0.2) is 23.8 Å². The van der Waals surface area contributed by atoms with Gasteiger partial charge in [-0.1, -0.05) is 6.92 Å². The van der Waals surface area contributed by atoms with E-state index >= 15 is 4.39 Å². The first-order valence-corrected chi connectivity index (χ1v) is 16.1. The van der Waals surface area contributed by atoms with Gasteiger partial charge in [0.25, 0.3) is 5.56 Å². The Morgan fingerprint density at radius 1 is 1.04 bits per heavy atom. The maximum Gasteiger partial charge on any atom is 0.472 e. The number of nitrogens with one attached hydrogen (secondary N) is 2. The second kappa shape index (κ2) is 10.7. The van der Waals surface area contributed by atoms with E-state index in [9.17, 15) is 22.7 Å². The number of halogens is 1. The zero-order chi connectivity index (χ0) is 31.8. The van der Waals surface area contributed by atoms with E-state index in [1.807, 2.05) is 0 Å². The quantitative estimate of drug-likeness (QED) is 0.153. The number of nitrogen functional groups attached to an aromatic ring is 2. The van der Waals surface area contributed by atoms with Crippen molar-refractivity contribution in [3.05, 3.63) is 29.3 Å². The van der Waals surface area contributed by atoms with Gasteiger partial charge in [0.15, 0.2) is 41.3 Å². The minimum atomic E-state index is -4.98. The molecule has 9 atom stereocenters. The predicted molar refractivity (Wildman–Crippen MR) is 147 cm³/mol. The van der Waals surface area contributed by atoms with E-state index in [0.717, 1.165) is 6.33 Å². The molecule has 0 saturated carbocycles. The molecule has 45 heavy (non-hydrogen) atoms. The van der Waals surface area contributed by atoms with Gasteiger partial charge in [-0.2, -0.15) is 18.1 Å². The molecule has 0 aromatic carbocycles. The van der Waals surface area contributed by atoms with Crippen molar-refractivity contribution in [1.82, 2.24) is 43.8 Å². The van der Waals surface area contributed by atoms with Crippen LogP contribution >= 0.6 is 7.82 Å². The summed E-state index contributed by atoms with van der Waals surface area (Å²) in [6.45, 7) is 0.129. The van der Waals surface area contributed by atoms with Crippen molar-refractivity contribution in [2.24, 2.45) is 5.92 Å². The van der Waals surface area contributed by atoms with Gasteiger partial charge in [0.2, 0.25) is 5.95 Å². The number of rotatable bonds is 2. The fraction of sp³-hybridized carbons (Fsp3) is 0.524. The second-order valence-corrected chi connectivity index (χ2v) is 13.3. The highest BCUT2D eigenvalue weighted by Crippen LogP contribution is 2.51. The van der Waals surface area contributed by atoms with Crippen molar-refractivity contribution in [3.8, 4) is 0 Å². The fourth-order valence-electron chi connectivity index (χ4n) is 5.53. The van der Waals surface area contributed by atoms with Crippen molar-refractivity contribution in [1.29, 1.82) is 0 Å². The van der Waals surface area contributed by atoms with Crippen LogP contribution in [0.4, 0.5) is 16.2 Å². The van der Waals surface area contributed by atoms with Gasteiger partial charge in [-0.15, -0.1) is 0 Å². The van der Waals surface area contributed by atoms with Crippen molar-refractivity contribution in [2.75, 3.05) is 24.7 Å². The molecular formula is C21H25FN11O10PS. The van der Waals surface area contributed by atoms with Gasteiger partial charge in [0.1, 0.15) is 24.1 Å². The lowest BCUT2D eigenvalue weighted by Crippen LogP contribution is -2.48. The highest BCUT2D eigenvalue weighted by molar-refractivity contribution is 7.84. The number of anilines is 2. The number of aromatic amines is 1. The molecule has 3 saturated heterocycles. The minimum Gasteiger partial charge on any atom is -0.382 e. The number of H-pyrrole nitrogens is 1. The van der Waals surface area contributed by atoms with E-state index in [1.54, 1.807) is 6.92 Å². The number of imidazole rings is 2. The van der Waals surface area contributed by atoms with Crippen LogP contribution in [0.1, 0.15) is 19.4 Å². The third-order valence-corrected chi connectivity index (χ3v) is 9.73. The van der Waals surface area contributed by atoms with Gasteiger partial charge < -0.3 is 25.8 Å². The molecule has 1 unspecified atom stereocenters. The fourth-order valence-corrected chi connectivity index (χ4v) is 7.53. The lowest BCUT2D eigenvalue weighted by Gasteiger charge is -2.25. The molecule has 4 aromatic rings. The summed E-state index contributed by atoms with van der Waals surface area (Å²) in [5, 5.41) is 0. The number of phosphoric acid groups is 1. The molecule has 0 amide bonds. The molecule has 24 heteroatoms. The summed E-state index contributed by atoms with van der Waals surface area (Å²) in [4.78, 5) is 45.4. The molecule has 3 aliphatic heterocycles. The molecule has 7 heterocycles. The van der Waals surface area contributed by atoms with Crippen LogP contribution in [0.25, 0.3) is 22.3 Å². The Balaban J connectivity index is 1.21. The summed E-state index contributed by atoms with van der Waals surface area (Å²) in [5.74, 6) is -1.02. The van der Waals surface area contributed by atoms with Crippen molar-refractivity contribution in [2.45, 2.75) is 49.9 Å². The number of phosphoric ester groups is 1. The van der Waals surface area contributed by atoms with Crippen molar-refractivity contribution < 1.29 is 45.0 Å². The Kier molecular flexibility index (Phi) is 7.14. The van der Waals surface area contributed by atoms with E-state index in [4.69, 9.17) is 34.2 Å². The van der Waals surface area contributed by atoms with Gasteiger partial charge in [0.05, 0.1) is 38.0 Å². The number of aromatic nitrogens is 8. The van der Waals surface area contributed by atoms with E-state index < -0.39 is 85.8 Å². The zero-order valence-corrected chi connectivity index (χ0v) is 24.6. The zero-order valence-electron chi connectivity index (χ0n) is 22.9. The summed E-state index contributed by atoms with van der Waals surface area (Å²) in [6, 6.07) is -1.66. The Morgan fingerprint density at radius 2 is 1.76 bits per heavy atom. The maximum atomic E-state index is 15.9. The summed E-state index contributed by atoms with van der Waals surface area (Å²) in [6.07, 6.45) is -5.21. The van der Waals surface area contributed by atoms with Crippen molar-refractivity contribution in [3.63, 3.8) is 0 Å². The van der Waals surface area contributed by atoms with Crippen LogP contribution in [0, 0.1) is 5.92 Å². The molecule has 0 aliphatic carbocycles. The molecule has 0 radical (unpaired) electrons. The van der Waals surface area contributed by atoms with E-state index in [2.05, 4.69) is 34.6 Å². The lowest BCUT2D eigenvalue weighted by molar-refractivity contribution is -0.0551. The van der Waals surface area contributed by atoms with Crippen LogP contribution in [0.3, 0.4) is 0 Å². The molecule has 242 valence electrons. The second-order valence-electron chi connectivity index (χ2n) is 10.5. The Bertz CT molecular complexity index is 2010. The SMILES string of the molecule is C[C@H]1[C@H]2OP(=O)(O)OC[C@H]3O[C@@H](n4cnc5c(N)ncnc54)[C@H](F)[C@@H]3NS(=O)(=O)OC[C@H]1O[C@H]2n1cnc2c(=O)[nH]c(N)nc21. The number of hydrogen-bond acceptors (Lipinski definition) is 16. The van der Waals surface area contributed by atoms with E-state index in [1.165, 1.54) is 21.8 Å². The molecule has 4 aromatic heterocycles. The molecule has 21 nitrogen and oxygen atoms in total. The van der Waals surface area contributed by atoms with Crippen LogP contribution in [0.5, 0.6) is 0 Å². The van der Waals surface area contributed by atoms with E-state index in [-0.39, 0.29) is 34.1 Å². The first kappa shape index (κ1) is 30.0. The number of ether oxygens (including phenoxy) is 2. The monoisotopic (exact) mass is 673 g/mol. The standard InChI is InChI=1S/C21H25FN11O10PS/c1-7-8-3-40-45(37,38)31-11-9(42-19(10(11)22)32-5-27-12-15(23)25-4-26-16(12)32)2-39-44(35,36)43-14(7)20(41-8)33-6-28-13-17(33)29-21(24)30-18(13)34/h4-11,14,19-20,31H,2-3H2,1H3,(H,35,36)(H2,23,25,26)(H3,24,29,30,34)/t7-,8-,9-,10-,11-,14-,19-,20-/m1/s1. The Morgan fingerprint density at radius 3 is 2.53 bits per heavy atom. The highest BCUT2D eigenvalue weighted by Gasteiger charge is 2.52. The summed E-state index contributed by atoms with van der Waals surface area (Å²) in [7, 11) is -9.67. The smallest absolute Gasteiger partial charge is 0.382 e. The van der Waals surface area contributed by atoms with Gasteiger partial charge in [-0.3, -0.25) is 32.1 Å². The van der Waals surface area contributed by atoms with Crippen LogP contribution in [0.2, 0.25) is 0 Å². The Hall–Kier alpha value is -3.67. The van der Waals surface area contributed by atoms with Gasteiger partial charge in [0, 0.05) is 5.92 Å². The summed E-state index contributed by atoms with van der Waals surface area (Å²) in [5.41, 5.74) is 11.0. The van der Waals surface area contributed by atoms with Gasteiger partial charge in [-0.25, -0.2) is 28.9 Å². The maximum absolute atomic E-state index is 15.9. The normalized spacial score (nSPS) is 35.5. The first-order chi connectivity index (χ1) is 21.3. The number of hydrogen-bond donors (Lipinski definition) is 5. The molecule has 7 rings (SSSR count). The van der Waals surface area contributed by atoms with Gasteiger partial charge >= 0.3 is 18.1 Å². The third kappa shape index (κ3) is 5.24. The molecule has 3 aliphatic rings. The number of fused-ring (bicyclic) bond motifs is 5. The van der Waals surface area contributed by atoms with E-state index in [0.29, 0.717) is 0 Å². The van der Waals surface area contributed by atoms with Crippen molar-refractivity contribution >= 4 is 52.2 Å². The average molecular weight is 674 g/mol. The molecule has 7 N–H and O–H groups in total. The summed E-state index contributed by atoms with van der Waals surface area (Å²) < 4.78 is 87.6. The average Bonchev–Trinajstić information content (AvgIpc) is 3.72. The largest absolute Gasteiger partial charge is 0.472 e. The molecular weight excluding hydrogens is 648 g/mol. The van der Waals surface area contributed by atoms with Crippen LogP contribution in [-0.2, 0) is 37.6 Å². The van der Waals surface area contributed by atoms with Crippen LogP contribution in [-0.4, -0.2) is 96.1 Å². The topological polar surface area (TPSA) is 289 Å². The lowest BCUT2D eigenvalue weighted by atomic mass is 10.0. The molecule has 3 fully saturated rings. The predicted octanol–water partition coefficient (Wildman–Crippen LogP) is -1.37. The minimum absolute atomic E-state index is 0.0182. The van der Waals surface area contributed by atoms with Crippen LogP contribution < -0.4 is 21.7 Å². The first-order valence-electron chi connectivity index (χ1n) is 13.2. The van der Waals surface area contributed by atoms with Gasteiger partial charge in [-0.05, 0) is 0 Å². The number of nitrogens with zero attached hydrogens (tertiary/aromatic N) is 7. The highest BCUT2D eigenvalue weighted by atomic mass is 32.2. The molecule has 2 bridgehead atoms. The third-order valence-electron chi connectivity index (χ3n) is 7.74.